The number of alkyl halides is 4. The first kappa shape index (κ1) is 15.7. The minimum atomic E-state index is -4.39. The summed E-state index contributed by atoms with van der Waals surface area (Å²) >= 11 is 15.2. The van der Waals surface area contributed by atoms with E-state index in [1.54, 1.807) is 12.1 Å². The third-order valence-electron chi connectivity index (χ3n) is 2.80. The zero-order chi connectivity index (χ0) is 14.9. The Bertz CT molecular complexity index is 639. The van der Waals surface area contributed by atoms with Crippen LogP contribution in [-0.4, -0.2) is 0 Å². The van der Waals surface area contributed by atoms with Crippen LogP contribution in [-0.2, 0) is 11.5 Å². The van der Waals surface area contributed by atoms with Gasteiger partial charge >= 0.3 is 6.18 Å². The maximum Gasteiger partial charge on any atom is 0.416 e. The number of benzene rings is 2. The summed E-state index contributed by atoms with van der Waals surface area (Å²) in [5, 5.41) is 1.18. The SMILES string of the molecule is FC(F)(F)c1ccc(CBr)c(-c2ccc(Cl)cc2Cl)c1. The molecule has 0 heterocycles. The van der Waals surface area contributed by atoms with Crippen LogP contribution in [0, 0.1) is 0 Å². The lowest BCUT2D eigenvalue weighted by Gasteiger charge is -2.14. The van der Waals surface area contributed by atoms with E-state index in [-0.39, 0.29) is 0 Å². The first-order chi connectivity index (χ1) is 9.32. The Morgan fingerprint density at radius 3 is 2.20 bits per heavy atom. The fourth-order valence-corrected chi connectivity index (χ4v) is 2.83. The van der Waals surface area contributed by atoms with E-state index in [4.69, 9.17) is 23.2 Å². The Balaban J connectivity index is 2.64. The summed E-state index contributed by atoms with van der Waals surface area (Å²) in [4.78, 5) is 0. The molecule has 0 unspecified atom stereocenters. The summed E-state index contributed by atoms with van der Waals surface area (Å²) in [5.41, 5.74) is 0.987. The average Bonchev–Trinajstić information content (AvgIpc) is 2.37. The van der Waals surface area contributed by atoms with Crippen LogP contribution < -0.4 is 0 Å². The lowest BCUT2D eigenvalue weighted by Crippen LogP contribution is -2.05. The van der Waals surface area contributed by atoms with Crippen molar-refractivity contribution in [1.29, 1.82) is 0 Å². The van der Waals surface area contributed by atoms with Gasteiger partial charge in [-0.25, -0.2) is 0 Å². The lowest BCUT2D eigenvalue weighted by molar-refractivity contribution is -0.137. The third kappa shape index (κ3) is 3.30. The van der Waals surface area contributed by atoms with Crippen molar-refractivity contribution in [3.8, 4) is 11.1 Å². The topological polar surface area (TPSA) is 0 Å². The molecule has 0 aliphatic carbocycles. The molecule has 2 rings (SSSR count). The van der Waals surface area contributed by atoms with Crippen molar-refractivity contribution in [3.05, 3.63) is 57.6 Å². The van der Waals surface area contributed by atoms with Gasteiger partial charge in [0.05, 0.1) is 5.56 Å². The fraction of sp³-hybridized carbons (Fsp3) is 0.143. The average molecular weight is 384 g/mol. The Morgan fingerprint density at radius 1 is 0.950 bits per heavy atom. The number of rotatable bonds is 2. The van der Waals surface area contributed by atoms with Crippen LogP contribution in [0.25, 0.3) is 11.1 Å². The summed E-state index contributed by atoms with van der Waals surface area (Å²) < 4.78 is 38.5. The van der Waals surface area contributed by atoms with Crippen molar-refractivity contribution < 1.29 is 13.2 Å². The van der Waals surface area contributed by atoms with Gasteiger partial charge in [-0.15, -0.1) is 0 Å². The van der Waals surface area contributed by atoms with Crippen LogP contribution in [0.3, 0.4) is 0 Å². The normalized spacial score (nSPS) is 11.7. The van der Waals surface area contributed by atoms with Gasteiger partial charge in [-0.2, -0.15) is 13.2 Å². The van der Waals surface area contributed by atoms with Gasteiger partial charge in [0.2, 0.25) is 0 Å². The molecule has 0 N–H and O–H groups in total. The molecule has 0 radical (unpaired) electrons. The van der Waals surface area contributed by atoms with Crippen molar-refractivity contribution in [2.45, 2.75) is 11.5 Å². The number of halogens is 6. The van der Waals surface area contributed by atoms with Crippen molar-refractivity contribution in [2.24, 2.45) is 0 Å². The van der Waals surface area contributed by atoms with Crippen molar-refractivity contribution >= 4 is 39.1 Å². The minimum absolute atomic E-state index is 0.319. The molecule has 0 aliphatic rings. The van der Waals surface area contributed by atoms with Gasteiger partial charge in [0.25, 0.3) is 0 Å². The molecule has 0 atom stereocenters. The van der Waals surface area contributed by atoms with E-state index >= 15 is 0 Å². The molecule has 0 saturated carbocycles. The second kappa shape index (κ2) is 5.96. The molecule has 0 spiro atoms. The van der Waals surface area contributed by atoms with E-state index in [9.17, 15) is 13.2 Å². The molecule has 0 aliphatic heterocycles. The Labute approximate surface area is 132 Å². The quantitative estimate of drug-likeness (QED) is 0.514. The fourth-order valence-electron chi connectivity index (χ4n) is 1.83. The zero-order valence-electron chi connectivity index (χ0n) is 9.94. The van der Waals surface area contributed by atoms with Crippen LogP contribution in [0.2, 0.25) is 10.0 Å². The first-order valence-electron chi connectivity index (χ1n) is 5.54. The Hall–Kier alpha value is -0.710. The smallest absolute Gasteiger partial charge is 0.166 e. The molecule has 2 aromatic rings. The van der Waals surface area contributed by atoms with Gasteiger partial charge in [0.1, 0.15) is 0 Å². The van der Waals surface area contributed by atoms with Gasteiger partial charge in [-0.3, -0.25) is 0 Å². The maximum atomic E-state index is 12.8. The molecule has 20 heavy (non-hydrogen) atoms. The monoisotopic (exact) mass is 382 g/mol. The largest absolute Gasteiger partial charge is 0.416 e. The first-order valence-corrected chi connectivity index (χ1v) is 7.42. The van der Waals surface area contributed by atoms with E-state index in [0.717, 1.165) is 17.7 Å². The molecular formula is C14H8BrCl2F3. The highest BCUT2D eigenvalue weighted by Gasteiger charge is 2.31. The van der Waals surface area contributed by atoms with Gasteiger partial charge in [0.15, 0.2) is 0 Å². The molecule has 2 aromatic carbocycles. The van der Waals surface area contributed by atoms with Crippen LogP contribution in [0.15, 0.2) is 36.4 Å². The maximum absolute atomic E-state index is 12.8. The summed E-state index contributed by atoms with van der Waals surface area (Å²) in [6.45, 7) is 0. The molecular weight excluding hydrogens is 376 g/mol. The summed E-state index contributed by atoms with van der Waals surface area (Å²) in [5.74, 6) is 0. The highest BCUT2D eigenvalue weighted by Crippen LogP contribution is 2.37. The van der Waals surface area contributed by atoms with Crippen LogP contribution in [0.5, 0.6) is 0 Å². The predicted molar refractivity (Wildman–Crippen MR) is 79.5 cm³/mol. The van der Waals surface area contributed by atoms with Crippen LogP contribution >= 0.6 is 39.1 Å². The van der Waals surface area contributed by atoms with Gasteiger partial charge in [-0.05, 0) is 35.4 Å². The Kier molecular flexibility index (Phi) is 4.67. The number of hydrogen-bond acceptors (Lipinski definition) is 0. The Morgan fingerprint density at radius 2 is 1.65 bits per heavy atom. The molecule has 6 heteroatoms. The standard InChI is InChI=1S/C14H8BrCl2F3/c15-7-8-1-2-9(14(18,19)20)5-12(8)11-4-3-10(16)6-13(11)17/h1-6H,7H2. The highest BCUT2D eigenvalue weighted by atomic mass is 79.9. The minimum Gasteiger partial charge on any atom is -0.166 e. The summed E-state index contributed by atoms with van der Waals surface area (Å²) in [6, 6.07) is 8.33. The second-order valence-electron chi connectivity index (χ2n) is 4.13. The molecule has 0 fully saturated rings. The number of hydrogen-bond donors (Lipinski definition) is 0. The van der Waals surface area contributed by atoms with E-state index in [0.29, 0.717) is 26.5 Å². The second-order valence-corrected chi connectivity index (χ2v) is 5.53. The van der Waals surface area contributed by atoms with Crippen LogP contribution in [0.4, 0.5) is 13.2 Å². The van der Waals surface area contributed by atoms with E-state index in [2.05, 4.69) is 15.9 Å². The molecule has 0 bridgehead atoms. The van der Waals surface area contributed by atoms with Crippen molar-refractivity contribution in [2.75, 3.05) is 0 Å². The molecule has 0 nitrogen and oxygen atoms in total. The highest BCUT2D eigenvalue weighted by molar-refractivity contribution is 9.08. The van der Waals surface area contributed by atoms with Crippen molar-refractivity contribution in [3.63, 3.8) is 0 Å². The molecule has 106 valence electrons. The third-order valence-corrected chi connectivity index (χ3v) is 3.95. The van der Waals surface area contributed by atoms with Gasteiger partial charge in [-0.1, -0.05) is 51.3 Å². The van der Waals surface area contributed by atoms with Gasteiger partial charge in [0, 0.05) is 20.9 Å². The van der Waals surface area contributed by atoms with Crippen molar-refractivity contribution in [1.82, 2.24) is 0 Å². The molecule has 0 saturated heterocycles. The van der Waals surface area contributed by atoms with E-state index in [1.165, 1.54) is 12.1 Å². The predicted octanol–water partition coefficient (Wildman–Crippen LogP) is 6.57. The lowest BCUT2D eigenvalue weighted by atomic mass is 9.98. The van der Waals surface area contributed by atoms with E-state index < -0.39 is 11.7 Å². The van der Waals surface area contributed by atoms with Crippen LogP contribution in [0.1, 0.15) is 11.1 Å². The molecule has 0 aromatic heterocycles. The summed E-state index contributed by atoms with van der Waals surface area (Å²) in [6.07, 6.45) is -4.39. The summed E-state index contributed by atoms with van der Waals surface area (Å²) in [7, 11) is 0. The zero-order valence-corrected chi connectivity index (χ0v) is 13.0. The van der Waals surface area contributed by atoms with E-state index in [1.807, 2.05) is 0 Å². The molecule has 0 amide bonds. The van der Waals surface area contributed by atoms with Gasteiger partial charge < -0.3 is 0 Å².